The van der Waals surface area contributed by atoms with Gasteiger partial charge in [0.25, 0.3) is 0 Å². The van der Waals surface area contributed by atoms with Gasteiger partial charge in [0.05, 0.1) is 23.1 Å². The fraction of sp³-hybridized carbons (Fsp3) is 0.531. The number of halogens is 4. The summed E-state index contributed by atoms with van der Waals surface area (Å²) in [6.45, 7) is 8.77. The molecule has 0 saturated heterocycles. The Kier molecular flexibility index (Phi) is 9.45. The highest BCUT2D eigenvalue weighted by molar-refractivity contribution is 9.10. The molecule has 2 N–H and O–H groups in total. The van der Waals surface area contributed by atoms with E-state index < -0.39 is 23.1 Å². The van der Waals surface area contributed by atoms with Gasteiger partial charge in [-0.15, -0.1) is 0 Å². The maximum Gasteiger partial charge on any atom is 0.416 e. The minimum atomic E-state index is -4.46. The molecule has 0 unspecified atom stereocenters. The Morgan fingerprint density at radius 1 is 1.19 bits per heavy atom. The Morgan fingerprint density at radius 3 is 2.60 bits per heavy atom. The smallest absolute Gasteiger partial charge is 0.416 e. The fourth-order valence-electron chi connectivity index (χ4n) is 6.63. The standard InChI is InChI=1S/C32H38BrF3N2O4/c1-19(2)22-16-23-24(17-25(22)33)30(3)10-6-11-31(4,29(40)41)27(30)18-26(23)38-42-13-7-12-37-28(39)15-20-8-5-9-21(14-20)32(34,35)36/h5,8-9,14,16-17,19,27H,6-7,10-13,15,18H2,1-4H3,(H,37,39)(H,40,41)/b38-26+/t27-,30-,31-/m1/s1. The van der Waals surface area contributed by atoms with Crippen LogP contribution < -0.4 is 5.32 Å². The molecular formula is C32H38BrF3N2O4. The summed E-state index contributed by atoms with van der Waals surface area (Å²) in [6.07, 6.45) is -1.34. The van der Waals surface area contributed by atoms with Gasteiger partial charge >= 0.3 is 12.1 Å². The number of amides is 1. The van der Waals surface area contributed by atoms with Crippen molar-refractivity contribution < 1.29 is 32.7 Å². The minimum Gasteiger partial charge on any atom is -0.481 e. The topological polar surface area (TPSA) is 88.0 Å². The Labute approximate surface area is 253 Å². The second-order valence-corrected chi connectivity index (χ2v) is 13.1. The maximum atomic E-state index is 12.9. The summed E-state index contributed by atoms with van der Waals surface area (Å²) < 4.78 is 39.8. The number of carbonyl (C=O) groups is 2. The molecule has 1 fully saturated rings. The molecule has 2 aromatic carbocycles. The van der Waals surface area contributed by atoms with Crippen molar-refractivity contribution in [1.29, 1.82) is 0 Å². The van der Waals surface area contributed by atoms with Crippen LogP contribution >= 0.6 is 15.9 Å². The van der Waals surface area contributed by atoms with Crippen LogP contribution in [-0.2, 0) is 32.4 Å². The van der Waals surface area contributed by atoms with Crippen LogP contribution in [0.1, 0.15) is 93.5 Å². The van der Waals surface area contributed by atoms with Crippen molar-refractivity contribution in [2.24, 2.45) is 16.5 Å². The molecule has 2 aliphatic carbocycles. The average molecular weight is 652 g/mol. The Hall–Kier alpha value is -2.88. The van der Waals surface area contributed by atoms with Gasteiger partial charge in [0.1, 0.15) is 6.61 Å². The van der Waals surface area contributed by atoms with Crippen LogP contribution in [0.2, 0.25) is 0 Å². The SMILES string of the molecule is CC(C)c1cc2c(cc1Br)[C@@]1(C)CCC[C@@](C)(C(=O)O)[C@@H]1C/C2=N\OCCCNC(=O)Cc1cccc(C(F)(F)F)c1. The van der Waals surface area contributed by atoms with Gasteiger partial charge < -0.3 is 15.3 Å². The van der Waals surface area contributed by atoms with Crippen LogP contribution in [0, 0.1) is 11.3 Å². The second-order valence-electron chi connectivity index (χ2n) is 12.3. The summed E-state index contributed by atoms with van der Waals surface area (Å²) in [7, 11) is 0. The lowest BCUT2D eigenvalue weighted by Crippen LogP contribution is -2.53. The summed E-state index contributed by atoms with van der Waals surface area (Å²) in [5, 5.41) is 17.5. The predicted molar refractivity (Wildman–Crippen MR) is 159 cm³/mol. The molecule has 0 aliphatic heterocycles. The van der Waals surface area contributed by atoms with Crippen LogP contribution in [0.4, 0.5) is 13.2 Å². The lowest BCUT2D eigenvalue weighted by atomic mass is 9.49. The van der Waals surface area contributed by atoms with Gasteiger partial charge in [-0.1, -0.05) is 66.5 Å². The highest BCUT2D eigenvalue weighted by Crippen LogP contribution is 2.58. The molecule has 228 valence electrons. The zero-order valence-electron chi connectivity index (χ0n) is 24.4. The van der Waals surface area contributed by atoms with Crippen LogP contribution in [0.25, 0.3) is 0 Å². The highest BCUT2D eigenvalue weighted by Gasteiger charge is 2.56. The first-order chi connectivity index (χ1) is 19.7. The molecule has 1 saturated carbocycles. The van der Waals surface area contributed by atoms with Crippen molar-refractivity contribution in [1.82, 2.24) is 5.32 Å². The third-order valence-corrected chi connectivity index (χ3v) is 9.72. The van der Waals surface area contributed by atoms with E-state index in [1.165, 1.54) is 12.1 Å². The monoisotopic (exact) mass is 650 g/mol. The van der Waals surface area contributed by atoms with Crippen molar-refractivity contribution >= 4 is 33.5 Å². The number of hydrogen-bond donors (Lipinski definition) is 2. The molecule has 3 atom stereocenters. The van der Waals surface area contributed by atoms with Crippen LogP contribution in [0.15, 0.2) is 46.0 Å². The zero-order valence-corrected chi connectivity index (χ0v) is 26.0. The minimum absolute atomic E-state index is 0.153. The summed E-state index contributed by atoms with van der Waals surface area (Å²) in [4.78, 5) is 30.5. The number of nitrogens with zero attached hydrogens (tertiary/aromatic N) is 1. The number of carbonyl (C=O) groups excluding carboxylic acids is 1. The van der Waals surface area contributed by atoms with E-state index in [1.54, 1.807) is 0 Å². The van der Waals surface area contributed by atoms with E-state index in [2.05, 4.69) is 59.3 Å². The van der Waals surface area contributed by atoms with Crippen molar-refractivity contribution in [2.75, 3.05) is 13.2 Å². The summed E-state index contributed by atoms with van der Waals surface area (Å²) in [5.41, 5.74) is 2.25. The van der Waals surface area contributed by atoms with Gasteiger partial charge in [0.2, 0.25) is 5.91 Å². The van der Waals surface area contributed by atoms with E-state index in [-0.39, 0.29) is 48.3 Å². The van der Waals surface area contributed by atoms with E-state index in [4.69, 9.17) is 4.84 Å². The molecule has 0 bridgehead atoms. The van der Waals surface area contributed by atoms with Crippen molar-refractivity contribution in [2.45, 2.75) is 83.7 Å². The van der Waals surface area contributed by atoms with Crippen LogP contribution in [0.3, 0.4) is 0 Å². The number of oxime groups is 1. The number of aliphatic carboxylic acids is 1. The Bertz CT molecular complexity index is 1380. The molecule has 2 aromatic rings. The van der Waals surface area contributed by atoms with Gasteiger partial charge in [0.15, 0.2) is 0 Å². The quantitative estimate of drug-likeness (QED) is 0.216. The van der Waals surface area contributed by atoms with Crippen LogP contribution in [0.5, 0.6) is 0 Å². The molecule has 10 heteroatoms. The molecule has 1 amide bonds. The first-order valence-corrected chi connectivity index (χ1v) is 15.2. The number of alkyl halides is 3. The average Bonchev–Trinajstić information content (AvgIpc) is 2.90. The molecular weight excluding hydrogens is 613 g/mol. The zero-order chi connectivity index (χ0) is 30.9. The third kappa shape index (κ3) is 6.53. The molecule has 0 spiro atoms. The summed E-state index contributed by atoms with van der Waals surface area (Å²) in [6, 6.07) is 9.03. The van der Waals surface area contributed by atoms with E-state index in [0.717, 1.165) is 51.8 Å². The number of nitrogens with one attached hydrogen (secondary N) is 1. The highest BCUT2D eigenvalue weighted by atomic mass is 79.9. The fourth-order valence-corrected chi connectivity index (χ4v) is 7.43. The molecule has 0 radical (unpaired) electrons. The lowest BCUT2D eigenvalue weighted by molar-refractivity contribution is -0.156. The Balaban J connectivity index is 1.44. The molecule has 4 rings (SSSR count). The molecule has 42 heavy (non-hydrogen) atoms. The van der Waals surface area contributed by atoms with Gasteiger partial charge in [0, 0.05) is 23.0 Å². The number of benzene rings is 2. The van der Waals surface area contributed by atoms with Crippen molar-refractivity contribution in [3.8, 4) is 0 Å². The van der Waals surface area contributed by atoms with Gasteiger partial charge in [-0.05, 0) is 78.3 Å². The molecule has 2 aliphatic rings. The number of fused-ring (bicyclic) bond motifs is 3. The lowest BCUT2D eigenvalue weighted by Gasteiger charge is -2.53. The molecule has 0 heterocycles. The van der Waals surface area contributed by atoms with E-state index in [0.29, 0.717) is 19.3 Å². The largest absolute Gasteiger partial charge is 0.481 e. The Morgan fingerprint density at radius 2 is 1.93 bits per heavy atom. The third-order valence-electron chi connectivity index (χ3n) is 9.03. The van der Waals surface area contributed by atoms with Gasteiger partial charge in [-0.2, -0.15) is 13.2 Å². The second kappa shape index (κ2) is 12.4. The van der Waals surface area contributed by atoms with Crippen molar-refractivity contribution in [3.05, 3.63) is 68.7 Å². The number of carboxylic acid groups (broad SMARTS) is 1. The molecule has 0 aromatic heterocycles. The van der Waals surface area contributed by atoms with Crippen LogP contribution in [-0.4, -0.2) is 35.8 Å². The molecule has 6 nitrogen and oxygen atoms in total. The number of hydrogen-bond acceptors (Lipinski definition) is 4. The number of rotatable bonds is 9. The predicted octanol–water partition coefficient (Wildman–Crippen LogP) is 7.61. The van der Waals surface area contributed by atoms with Crippen molar-refractivity contribution in [3.63, 3.8) is 0 Å². The summed E-state index contributed by atoms with van der Waals surface area (Å²) >= 11 is 3.75. The van der Waals surface area contributed by atoms with Gasteiger partial charge in [-0.25, -0.2) is 0 Å². The first-order valence-electron chi connectivity index (χ1n) is 14.4. The van der Waals surface area contributed by atoms with Gasteiger partial charge in [-0.3, -0.25) is 9.59 Å². The first kappa shape index (κ1) is 32.0. The number of carboxylic acids is 1. The normalized spacial score (nSPS) is 24.7. The van der Waals surface area contributed by atoms with E-state index in [1.807, 2.05) is 6.92 Å². The maximum absolute atomic E-state index is 12.9. The summed E-state index contributed by atoms with van der Waals surface area (Å²) in [5.74, 6) is -1.05. The van der Waals surface area contributed by atoms with E-state index >= 15 is 0 Å². The van der Waals surface area contributed by atoms with E-state index in [9.17, 15) is 27.9 Å².